The van der Waals surface area contributed by atoms with Crippen LogP contribution in [0.2, 0.25) is 0 Å². The van der Waals surface area contributed by atoms with Gasteiger partial charge >= 0.3 is 0 Å². The Kier molecular flexibility index (Phi) is 11.7. The van der Waals surface area contributed by atoms with Gasteiger partial charge < -0.3 is 25.4 Å². The van der Waals surface area contributed by atoms with Crippen molar-refractivity contribution in [2.75, 3.05) is 24.9 Å². The summed E-state index contributed by atoms with van der Waals surface area (Å²) in [5.74, 6) is -0.0873. The van der Waals surface area contributed by atoms with Crippen LogP contribution in [0.5, 0.6) is 11.5 Å². The summed E-state index contributed by atoms with van der Waals surface area (Å²) in [4.78, 5) is 41.0. The van der Waals surface area contributed by atoms with Crippen LogP contribution in [0.3, 0.4) is 0 Å². The zero-order chi connectivity index (χ0) is 33.9. The van der Waals surface area contributed by atoms with Gasteiger partial charge in [0.15, 0.2) is 0 Å². The Labute approximate surface area is 291 Å². The number of halogens is 1. The maximum atomic E-state index is 13.6. The number of nitrogens with one attached hydrogen (secondary N) is 3. The first-order chi connectivity index (χ1) is 23.3. The molecule has 1 atom stereocenters. The predicted octanol–water partition coefficient (Wildman–Crippen LogP) is 8.35. The van der Waals surface area contributed by atoms with E-state index in [0.29, 0.717) is 34.0 Å². The van der Waals surface area contributed by atoms with Crippen LogP contribution in [0.15, 0.2) is 142 Å². The number of anilines is 2. The number of carbonyl (C=O) groups is 3. The summed E-state index contributed by atoms with van der Waals surface area (Å²) in [7, 11) is 3.06. The van der Waals surface area contributed by atoms with E-state index in [2.05, 4.69) is 31.9 Å². The molecule has 0 aliphatic rings. The molecule has 0 fully saturated rings. The Bertz CT molecular complexity index is 1900. The van der Waals surface area contributed by atoms with Crippen molar-refractivity contribution >= 4 is 62.9 Å². The summed E-state index contributed by atoms with van der Waals surface area (Å²) in [6, 6.07) is 37.9. The SMILES string of the molecule is COc1ccc(/C=C(\NC(=O)c2ccccc2)C(=O)Nc2ccc(SC(C(=O)Nc3ccc(Br)cc3)c3ccccc3)cc2)c(OC)c1. The fraction of sp³-hybridized carbons (Fsp3) is 0.0789. The second kappa shape index (κ2) is 16.5. The first-order valence-electron chi connectivity index (χ1n) is 14.8. The van der Waals surface area contributed by atoms with E-state index in [1.165, 1.54) is 18.9 Å². The molecule has 5 aromatic rings. The molecule has 0 bridgehead atoms. The third-order valence-electron chi connectivity index (χ3n) is 7.09. The van der Waals surface area contributed by atoms with E-state index < -0.39 is 17.1 Å². The Morgan fingerprint density at radius 3 is 2.00 bits per heavy atom. The van der Waals surface area contributed by atoms with E-state index in [-0.39, 0.29) is 11.6 Å². The van der Waals surface area contributed by atoms with Crippen molar-refractivity contribution in [3.05, 3.63) is 154 Å². The largest absolute Gasteiger partial charge is 0.497 e. The molecule has 242 valence electrons. The number of thioether (sulfide) groups is 1. The molecule has 3 N–H and O–H groups in total. The summed E-state index contributed by atoms with van der Waals surface area (Å²) in [6.07, 6.45) is 1.55. The standard InChI is InChI=1S/C38H32BrN3O5S/c1-46-31-20-13-27(34(24-31)47-2)23-33(42-36(43)26-11-7-4-8-12-26)37(44)40-30-18-21-32(22-19-30)48-35(25-9-5-3-6-10-25)38(45)41-29-16-14-28(39)15-17-29/h3-24,35H,1-2H3,(H,40,44)(H,41,45)(H,42,43)/b33-23-. The Balaban J connectivity index is 1.35. The number of hydrogen-bond donors (Lipinski definition) is 3. The molecule has 10 heteroatoms. The molecule has 0 saturated heterocycles. The van der Waals surface area contributed by atoms with Gasteiger partial charge in [0.05, 0.1) is 14.2 Å². The normalized spacial score (nSPS) is 11.6. The minimum Gasteiger partial charge on any atom is -0.497 e. The predicted molar refractivity (Wildman–Crippen MR) is 194 cm³/mol. The minimum absolute atomic E-state index is 0.0134. The van der Waals surface area contributed by atoms with E-state index in [4.69, 9.17) is 9.47 Å². The molecule has 0 heterocycles. The van der Waals surface area contributed by atoms with Crippen LogP contribution >= 0.6 is 27.7 Å². The van der Waals surface area contributed by atoms with E-state index in [0.717, 1.165) is 14.9 Å². The first-order valence-corrected chi connectivity index (χ1v) is 16.5. The van der Waals surface area contributed by atoms with E-state index >= 15 is 0 Å². The van der Waals surface area contributed by atoms with Crippen molar-refractivity contribution in [3.8, 4) is 11.5 Å². The molecule has 0 aromatic heterocycles. The lowest BCUT2D eigenvalue weighted by atomic mass is 10.1. The van der Waals surface area contributed by atoms with Crippen LogP contribution in [-0.2, 0) is 9.59 Å². The maximum absolute atomic E-state index is 13.6. The van der Waals surface area contributed by atoms with E-state index in [9.17, 15) is 14.4 Å². The molecule has 0 spiro atoms. The number of benzene rings is 5. The van der Waals surface area contributed by atoms with Gasteiger partial charge in [-0.05, 0) is 84.4 Å². The van der Waals surface area contributed by atoms with Gasteiger partial charge in [-0.25, -0.2) is 0 Å². The summed E-state index contributed by atoms with van der Waals surface area (Å²) < 4.78 is 11.7. The molecule has 0 saturated carbocycles. The molecule has 1 unspecified atom stereocenters. The highest BCUT2D eigenvalue weighted by Gasteiger charge is 2.23. The van der Waals surface area contributed by atoms with Gasteiger partial charge in [-0.1, -0.05) is 64.5 Å². The zero-order valence-corrected chi connectivity index (χ0v) is 28.5. The van der Waals surface area contributed by atoms with Crippen molar-refractivity contribution < 1.29 is 23.9 Å². The molecule has 0 aliphatic heterocycles. The zero-order valence-electron chi connectivity index (χ0n) is 26.1. The van der Waals surface area contributed by atoms with Gasteiger partial charge in [-0.15, -0.1) is 11.8 Å². The molecule has 0 radical (unpaired) electrons. The average Bonchev–Trinajstić information content (AvgIpc) is 3.12. The Hall–Kier alpha value is -5.32. The van der Waals surface area contributed by atoms with Crippen LogP contribution in [0.4, 0.5) is 11.4 Å². The molecule has 5 rings (SSSR count). The van der Waals surface area contributed by atoms with Crippen LogP contribution in [0.1, 0.15) is 26.7 Å². The fourth-order valence-corrected chi connectivity index (χ4v) is 5.92. The van der Waals surface area contributed by atoms with Gasteiger partial charge in [-0.3, -0.25) is 14.4 Å². The first kappa shape index (κ1) is 34.0. The van der Waals surface area contributed by atoms with Crippen molar-refractivity contribution in [1.82, 2.24) is 5.32 Å². The number of hydrogen-bond acceptors (Lipinski definition) is 6. The lowest BCUT2D eigenvalue weighted by Crippen LogP contribution is -2.30. The lowest BCUT2D eigenvalue weighted by molar-refractivity contribution is -0.116. The monoisotopic (exact) mass is 721 g/mol. The van der Waals surface area contributed by atoms with Crippen LogP contribution < -0.4 is 25.4 Å². The van der Waals surface area contributed by atoms with Gasteiger partial charge in [0, 0.05) is 37.9 Å². The summed E-state index contributed by atoms with van der Waals surface area (Å²) in [5, 5.41) is 8.09. The third kappa shape index (κ3) is 9.15. The highest BCUT2D eigenvalue weighted by Crippen LogP contribution is 2.37. The number of ether oxygens (including phenoxy) is 2. The smallest absolute Gasteiger partial charge is 0.272 e. The highest BCUT2D eigenvalue weighted by atomic mass is 79.9. The number of carbonyl (C=O) groups excluding carboxylic acids is 3. The quantitative estimate of drug-likeness (QED) is 0.0884. The Morgan fingerprint density at radius 2 is 1.35 bits per heavy atom. The third-order valence-corrected chi connectivity index (χ3v) is 8.88. The Morgan fingerprint density at radius 1 is 0.729 bits per heavy atom. The van der Waals surface area contributed by atoms with E-state index in [1.807, 2.05) is 66.7 Å². The lowest BCUT2D eigenvalue weighted by Gasteiger charge is -2.18. The fourth-order valence-electron chi connectivity index (χ4n) is 4.63. The van der Waals surface area contributed by atoms with Gasteiger partial charge in [0.1, 0.15) is 22.4 Å². The van der Waals surface area contributed by atoms with E-state index in [1.54, 1.807) is 73.8 Å². The summed E-state index contributed by atoms with van der Waals surface area (Å²) in [5.41, 5.74) is 3.03. The molecular weight excluding hydrogens is 690 g/mol. The molecular formula is C38H32BrN3O5S. The number of amides is 3. The van der Waals surface area contributed by atoms with Gasteiger partial charge in [0.2, 0.25) is 5.91 Å². The number of methoxy groups -OCH3 is 2. The topological polar surface area (TPSA) is 106 Å². The summed E-state index contributed by atoms with van der Waals surface area (Å²) in [6.45, 7) is 0. The van der Waals surface area contributed by atoms with Crippen molar-refractivity contribution in [1.29, 1.82) is 0 Å². The highest BCUT2D eigenvalue weighted by molar-refractivity contribution is 9.10. The minimum atomic E-state index is -0.534. The van der Waals surface area contributed by atoms with Crippen molar-refractivity contribution in [3.63, 3.8) is 0 Å². The molecule has 3 amide bonds. The molecule has 0 aliphatic carbocycles. The van der Waals surface area contributed by atoms with Gasteiger partial charge in [0.25, 0.3) is 11.8 Å². The van der Waals surface area contributed by atoms with Crippen LogP contribution in [-0.4, -0.2) is 31.9 Å². The maximum Gasteiger partial charge on any atom is 0.272 e. The molecule has 48 heavy (non-hydrogen) atoms. The number of rotatable bonds is 12. The molecule has 5 aromatic carbocycles. The van der Waals surface area contributed by atoms with Crippen molar-refractivity contribution in [2.24, 2.45) is 0 Å². The van der Waals surface area contributed by atoms with Gasteiger partial charge in [-0.2, -0.15) is 0 Å². The van der Waals surface area contributed by atoms with Crippen molar-refractivity contribution in [2.45, 2.75) is 10.1 Å². The average molecular weight is 723 g/mol. The second-order valence-corrected chi connectivity index (χ2v) is 12.5. The second-order valence-electron chi connectivity index (χ2n) is 10.4. The van der Waals surface area contributed by atoms with Crippen LogP contribution in [0.25, 0.3) is 6.08 Å². The van der Waals surface area contributed by atoms with Crippen LogP contribution in [0, 0.1) is 0 Å². The molecule has 8 nitrogen and oxygen atoms in total. The summed E-state index contributed by atoms with van der Waals surface area (Å²) >= 11 is 4.82.